The Hall–Kier alpha value is -1.63. The van der Waals surface area contributed by atoms with E-state index in [1.807, 2.05) is 0 Å². The number of benzene rings is 1. The number of carbonyl (C=O) groups is 1. The molecule has 0 atom stereocenters. The fraction of sp³-hybridized carbons (Fsp3) is 0.524. The number of hydrogen-bond donors (Lipinski definition) is 1. The van der Waals surface area contributed by atoms with E-state index in [4.69, 9.17) is 4.74 Å². The van der Waals surface area contributed by atoms with Crippen LogP contribution in [0, 0.1) is 0 Å². The first-order valence-corrected chi connectivity index (χ1v) is 10.8. The molecule has 27 heavy (non-hydrogen) atoms. The summed E-state index contributed by atoms with van der Waals surface area (Å²) in [5, 5.41) is 4.30. The van der Waals surface area contributed by atoms with Crippen LogP contribution in [-0.4, -0.2) is 42.2 Å². The molecule has 4 aliphatic heterocycles. The van der Waals surface area contributed by atoms with Gasteiger partial charge in [-0.05, 0) is 73.7 Å². The minimum atomic E-state index is -0.144. The molecule has 5 nitrogen and oxygen atoms in total. The summed E-state index contributed by atoms with van der Waals surface area (Å²) >= 11 is 1.60. The van der Waals surface area contributed by atoms with Crippen molar-refractivity contribution < 1.29 is 9.53 Å². The summed E-state index contributed by atoms with van der Waals surface area (Å²) in [5.74, 6) is -0.0327. The van der Waals surface area contributed by atoms with Gasteiger partial charge in [-0.3, -0.25) is 4.79 Å². The Bertz CT molecular complexity index is 814. The van der Waals surface area contributed by atoms with Crippen molar-refractivity contribution in [3.63, 3.8) is 0 Å². The Kier molecular flexibility index (Phi) is 4.58. The Labute approximate surface area is 164 Å². The van der Waals surface area contributed by atoms with Gasteiger partial charge >= 0.3 is 0 Å². The Morgan fingerprint density at radius 2 is 2.00 bits per heavy atom. The van der Waals surface area contributed by atoms with Gasteiger partial charge in [0.05, 0.1) is 17.1 Å². The van der Waals surface area contributed by atoms with Crippen molar-refractivity contribution in [2.45, 2.75) is 44.3 Å². The summed E-state index contributed by atoms with van der Waals surface area (Å²) < 4.78 is 6.26. The summed E-state index contributed by atoms with van der Waals surface area (Å²) in [4.78, 5) is 20.1. The number of amides is 1. The predicted molar refractivity (Wildman–Crippen MR) is 107 cm³/mol. The summed E-state index contributed by atoms with van der Waals surface area (Å²) in [7, 11) is 0. The van der Waals surface area contributed by atoms with Crippen LogP contribution in [0.25, 0.3) is 0 Å². The fourth-order valence-corrected chi connectivity index (χ4v) is 5.76. The van der Waals surface area contributed by atoms with E-state index in [9.17, 15) is 4.79 Å². The second-order valence-electron chi connectivity index (χ2n) is 7.76. The third-order valence-corrected chi connectivity index (χ3v) is 7.39. The number of nitrogens with zero attached hydrogens (tertiary/aromatic N) is 2. The number of ether oxygens (including phenoxy) is 1. The molecule has 2 saturated heterocycles. The Morgan fingerprint density at radius 3 is 2.89 bits per heavy atom. The van der Waals surface area contributed by atoms with Gasteiger partial charge in [-0.2, -0.15) is 4.99 Å². The standard InChI is InChI=1S/C21H25N3O2S/c25-19-18(15-5-3-10-22-11-7-15)27-20(23-19)24-12-8-21(9-13-24)17-6-2-1-4-16(17)14-26-21/h1-2,4,6,22H,3,5,7-14H2. The van der Waals surface area contributed by atoms with E-state index in [0.717, 1.165) is 68.4 Å². The molecule has 1 N–H and O–H groups in total. The van der Waals surface area contributed by atoms with Gasteiger partial charge in [-0.25, -0.2) is 0 Å². The first kappa shape index (κ1) is 17.5. The minimum Gasteiger partial charge on any atom is -0.365 e. The average molecular weight is 384 g/mol. The molecular weight excluding hydrogens is 358 g/mol. The van der Waals surface area contributed by atoms with E-state index < -0.39 is 0 Å². The average Bonchev–Trinajstić information content (AvgIpc) is 3.13. The van der Waals surface area contributed by atoms with E-state index in [1.165, 1.54) is 16.7 Å². The van der Waals surface area contributed by atoms with Crippen LogP contribution in [-0.2, 0) is 21.7 Å². The number of fused-ring (bicyclic) bond motifs is 2. The second kappa shape index (κ2) is 7.08. The lowest BCUT2D eigenvalue weighted by atomic mass is 9.84. The quantitative estimate of drug-likeness (QED) is 0.698. The fourth-order valence-electron chi connectivity index (χ4n) is 4.65. The zero-order chi connectivity index (χ0) is 18.3. The summed E-state index contributed by atoms with van der Waals surface area (Å²) in [6.07, 6.45) is 4.98. The van der Waals surface area contributed by atoms with Gasteiger partial charge in [0.15, 0.2) is 5.17 Å². The number of amidine groups is 1. The van der Waals surface area contributed by atoms with Crippen molar-refractivity contribution in [1.29, 1.82) is 0 Å². The smallest absolute Gasteiger partial charge is 0.286 e. The van der Waals surface area contributed by atoms with Crippen molar-refractivity contribution in [2.75, 3.05) is 26.2 Å². The molecule has 1 aromatic carbocycles. The molecule has 6 heteroatoms. The Morgan fingerprint density at radius 1 is 1.15 bits per heavy atom. The lowest BCUT2D eigenvalue weighted by Crippen LogP contribution is -2.44. The molecule has 0 bridgehead atoms. The molecule has 4 aliphatic rings. The first-order valence-electron chi connectivity index (χ1n) is 9.96. The molecule has 0 saturated carbocycles. The number of hydrogen-bond acceptors (Lipinski definition) is 5. The molecule has 1 aromatic rings. The third kappa shape index (κ3) is 3.13. The van der Waals surface area contributed by atoms with Crippen molar-refractivity contribution in [1.82, 2.24) is 10.2 Å². The Balaban J connectivity index is 1.29. The molecule has 0 aliphatic carbocycles. The number of carbonyl (C=O) groups excluding carboxylic acids is 1. The summed E-state index contributed by atoms with van der Waals surface area (Å²) in [6.45, 7) is 4.49. The van der Waals surface area contributed by atoms with Gasteiger partial charge in [0.2, 0.25) is 0 Å². The highest BCUT2D eigenvalue weighted by Crippen LogP contribution is 2.45. The predicted octanol–water partition coefficient (Wildman–Crippen LogP) is 3.16. The molecule has 0 aromatic heterocycles. The molecule has 2 fully saturated rings. The number of likely N-dealkylation sites (tertiary alicyclic amines) is 1. The van der Waals surface area contributed by atoms with E-state index in [2.05, 4.69) is 39.5 Å². The van der Waals surface area contributed by atoms with Gasteiger partial charge < -0.3 is 15.0 Å². The maximum Gasteiger partial charge on any atom is 0.286 e. The van der Waals surface area contributed by atoms with E-state index in [-0.39, 0.29) is 11.5 Å². The molecule has 142 valence electrons. The monoisotopic (exact) mass is 383 g/mol. The molecule has 1 amide bonds. The number of piperidine rings is 1. The highest BCUT2D eigenvalue weighted by molar-refractivity contribution is 8.18. The van der Waals surface area contributed by atoms with Crippen LogP contribution in [0.15, 0.2) is 39.7 Å². The van der Waals surface area contributed by atoms with Gasteiger partial charge in [0.25, 0.3) is 5.91 Å². The van der Waals surface area contributed by atoms with Crippen LogP contribution < -0.4 is 5.32 Å². The third-order valence-electron chi connectivity index (χ3n) is 6.20. The van der Waals surface area contributed by atoms with Crippen molar-refractivity contribution in [3.05, 3.63) is 45.9 Å². The molecular formula is C21H25N3O2S. The van der Waals surface area contributed by atoms with E-state index in [1.54, 1.807) is 11.8 Å². The van der Waals surface area contributed by atoms with Gasteiger partial charge in [0, 0.05) is 13.1 Å². The van der Waals surface area contributed by atoms with Crippen LogP contribution in [0.3, 0.4) is 0 Å². The summed E-state index contributed by atoms with van der Waals surface area (Å²) in [5.41, 5.74) is 3.82. The SMILES string of the molecule is O=C1N=C(N2CCC3(CC2)OCc2ccccc23)SC1=C1CCCNCC1. The maximum atomic E-state index is 12.5. The molecule has 1 spiro atoms. The van der Waals surface area contributed by atoms with Crippen molar-refractivity contribution in [3.8, 4) is 0 Å². The number of rotatable bonds is 0. The number of nitrogens with one attached hydrogen (secondary N) is 1. The largest absolute Gasteiger partial charge is 0.365 e. The first-order chi connectivity index (χ1) is 13.3. The zero-order valence-electron chi connectivity index (χ0n) is 15.5. The highest BCUT2D eigenvalue weighted by Gasteiger charge is 2.43. The van der Waals surface area contributed by atoms with Crippen LogP contribution in [0.1, 0.15) is 43.2 Å². The topological polar surface area (TPSA) is 53.9 Å². The van der Waals surface area contributed by atoms with Gasteiger partial charge in [0.1, 0.15) is 0 Å². The number of thioether (sulfide) groups is 1. The zero-order valence-corrected chi connectivity index (χ0v) is 16.3. The van der Waals surface area contributed by atoms with Crippen molar-refractivity contribution >= 4 is 22.8 Å². The highest BCUT2D eigenvalue weighted by atomic mass is 32.2. The maximum absolute atomic E-state index is 12.5. The van der Waals surface area contributed by atoms with E-state index in [0.29, 0.717) is 6.61 Å². The van der Waals surface area contributed by atoms with Crippen LogP contribution in [0.2, 0.25) is 0 Å². The van der Waals surface area contributed by atoms with Crippen LogP contribution in [0.5, 0.6) is 0 Å². The molecule has 0 unspecified atom stereocenters. The van der Waals surface area contributed by atoms with Crippen LogP contribution >= 0.6 is 11.8 Å². The number of aliphatic imine (C=N–C) groups is 1. The van der Waals surface area contributed by atoms with E-state index >= 15 is 0 Å². The van der Waals surface area contributed by atoms with Crippen LogP contribution in [0.4, 0.5) is 0 Å². The van der Waals surface area contributed by atoms with Gasteiger partial charge in [-0.15, -0.1) is 0 Å². The van der Waals surface area contributed by atoms with Crippen molar-refractivity contribution in [2.24, 2.45) is 4.99 Å². The second-order valence-corrected chi connectivity index (χ2v) is 8.74. The molecule has 0 radical (unpaired) electrons. The normalized spacial score (nSPS) is 27.6. The minimum absolute atomic E-state index is 0.0327. The lowest BCUT2D eigenvalue weighted by molar-refractivity contribution is -0.113. The summed E-state index contributed by atoms with van der Waals surface area (Å²) in [6, 6.07) is 8.58. The lowest BCUT2D eigenvalue weighted by Gasteiger charge is -2.39. The van der Waals surface area contributed by atoms with Gasteiger partial charge in [-0.1, -0.05) is 24.3 Å². The molecule has 4 heterocycles. The molecule has 5 rings (SSSR count).